The van der Waals surface area contributed by atoms with E-state index in [1.54, 1.807) is 22.9 Å². The first-order chi connectivity index (χ1) is 6.29. The van der Waals surface area contributed by atoms with E-state index in [9.17, 15) is 9.59 Å². The van der Waals surface area contributed by atoms with E-state index in [1.807, 2.05) is 0 Å². The van der Waals surface area contributed by atoms with Crippen molar-refractivity contribution in [1.82, 2.24) is 4.57 Å². The smallest absolute Gasteiger partial charge is 0.241 e. The quantitative estimate of drug-likeness (QED) is 0.402. The van der Waals surface area contributed by atoms with Crippen molar-refractivity contribution >= 4 is 12.1 Å². The second-order valence-corrected chi connectivity index (χ2v) is 2.65. The van der Waals surface area contributed by atoms with Crippen LogP contribution in [0.1, 0.15) is 16.9 Å². The minimum Gasteiger partial charge on any atom is -0.396 e. The van der Waals surface area contributed by atoms with Crippen molar-refractivity contribution in [2.45, 2.75) is 13.0 Å². The van der Waals surface area contributed by atoms with Crippen LogP contribution in [0, 0.1) is 0 Å². The minimum atomic E-state index is -0.525. The molecule has 0 aromatic carbocycles. The van der Waals surface area contributed by atoms with Crippen LogP contribution >= 0.6 is 0 Å². The van der Waals surface area contributed by atoms with Crippen LogP contribution in [0.4, 0.5) is 0 Å². The first-order valence-corrected chi connectivity index (χ1v) is 4.05. The Balaban J connectivity index is 2.76. The van der Waals surface area contributed by atoms with E-state index in [2.05, 4.69) is 0 Å². The molecule has 0 unspecified atom stereocenters. The van der Waals surface area contributed by atoms with Crippen LogP contribution in [0.5, 0.6) is 0 Å². The summed E-state index contributed by atoms with van der Waals surface area (Å²) in [5.41, 5.74) is 0.378. The summed E-state index contributed by atoms with van der Waals surface area (Å²) in [6.07, 6.45) is 2.59. The van der Waals surface area contributed by atoms with Crippen molar-refractivity contribution in [3.63, 3.8) is 0 Å². The maximum absolute atomic E-state index is 11.0. The van der Waals surface area contributed by atoms with Gasteiger partial charge in [-0.2, -0.15) is 0 Å². The predicted molar refractivity (Wildman–Crippen MR) is 46.5 cm³/mol. The molecule has 0 saturated heterocycles. The van der Waals surface area contributed by atoms with Gasteiger partial charge in [0, 0.05) is 19.3 Å². The fourth-order valence-electron chi connectivity index (χ4n) is 1.13. The number of hydrogen-bond donors (Lipinski definition) is 1. The number of carbonyl (C=O) groups is 2. The maximum Gasteiger partial charge on any atom is 0.241 e. The summed E-state index contributed by atoms with van der Waals surface area (Å²) in [6.45, 7) is 0.630. The normalized spacial score (nSPS) is 9.92. The second-order valence-electron chi connectivity index (χ2n) is 2.65. The number of Topliss-reactive ketones (excluding diaryl/α,β-unsaturated/α-hetero) is 1. The fourth-order valence-corrected chi connectivity index (χ4v) is 1.13. The summed E-state index contributed by atoms with van der Waals surface area (Å²) in [7, 11) is 0. The van der Waals surface area contributed by atoms with Gasteiger partial charge in [0.15, 0.2) is 6.29 Å². The Kier molecular flexibility index (Phi) is 3.40. The van der Waals surface area contributed by atoms with Gasteiger partial charge in [-0.25, -0.2) is 0 Å². The number of ketones is 1. The molecular weight excluding hydrogens is 170 g/mol. The molecule has 4 nitrogen and oxygen atoms in total. The molecule has 1 rings (SSSR count). The van der Waals surface area contributed by atoms with Crippen LogP contribution < -0.4 is 0 Å². The number of aliphatic hydroxyl groups excluding tert-OH is 1. The van der Waals surface area contributed by atoms with Gasteiger partial charge in [0.05, 0.1) is 5.69 Å². The van der Waals surface area contributed by atoms with E-state index in [0.717, 1.165) is 0 Å². The average molecular weight is 181 g/mol. The summed E-state index contributed by atoms with van der Waals surface area (Å²) in [6, 6.07) is 3.29. The Morgan fingerprint density at radius 3 is 3.00 bits per heavy atom. The van der Waals surface area contributed by atoms with Crippen LogP contribution in [-0.4, -0.2) is 28.3 Å². The van der Waals surface area contributed by atoms with Gasteiger partial charge < -0.3 is 9.67 Å². The summed E-state index contributed by atoms with van der Waals surface area (Å²) < 4.78 is 1.66. The summed E-state index contributed by atoms with van der Waals surface area (Å²) >= 11 is 0. The molecule has 1 N–H and O–H groups in total. The predicted octanol–water partition coefficient (Wildman–Crippen LogP) is 0.252. The molecular formula is C9H11NO3. The topological polar surface area (TPSA) is 59.3 Å². The minimum absolute atomic E-state index is 0.0763. The molecule has 0 aliphatic heterocycles. The molecule has 1 aromatic rings. The van der Waals surface area contributed by atoms with Crippen molar-refractivity contribution in [3.8, 4) is 0 Å². The molecule has 0 bridgehead atoms. The molecule has 0 radical (unpaired) electrons. The van der Waals surface area contributed by atoms with Gasteiger partial charge in [0.2, 0.25) is 5.78 Å². The van der Waals surface area contributed by atoms with Crippen LogP contribution in [0.15, 0.2) is 18.3 Å². The standard InChI is InChI=1S/C9H11NO3/c11-6-2-5-10-4-1-3-8(10)9(13)7-12/h1,3-4,7,11H,2,5-6H2. The number of aromatic nitrogens is 1. The third kappa shape index (κ3) is 2.26. The molecule has 1 aromatic heterocycles. The molecule has 0 saturated carbocycles. The monoisotopic (exact) mass is 181 g/mol. The average Bonchev–Trinajstić information content (AvgIpc) is 2.61. The van der Waals surface area contributed by atoms with Crippen LogP contribution in [0.25, 0.3) is 0 Å². The number of rotatable bonds is 5. The van der Waals surface area contributed by atoms with Gasteiger partial charge in [-0.3, -0.25) is 9.59 Å². The van der Waals surface area contributed by atoms with Crippen molar-refractivity contribution in [2.75, 3.05) is 6.61 Å². The van der Waals surface area contributed by atoms with E-state index in [0.29, 0.717) is 24.9 Å². The first-order valence-electron chi connectivity index (χ1n) is 4.05. The third-order valence-corrected chi connectivity index (χ3v) is 1.75. The van der Waals surface area contributed by atoms with Crippen LogP contribution in [0.3, 0.4) is 0 Å². The fraction of sp³-hybridized carbons (Fsp3) is 0.333. The van der Waals surface area contributed by atoms with Crippen molar-refractivity contribution in [2.24, 2.45) is 0 Å². The molecule has 70 valence electrons. The highest BCUT2D eigenvalue weighted by molar-refractivity contribution is 6.32. The van der Waals surface area contributed by atoms with E-state index >= 15 is 0 Å². The number of aldehydes is 1. The Hall–Kier alpha value is -1.42. The van der Waals surface area contributed by atoms with Gasteiger partial charge in [0.25, 0.3) is 0 Å². The molecule has 0 spiro atoms. The summed E-state index contributed by atoms with van der Waals surface area (Å²) in [5, 5.41) is 8.58. The number of hydrogen-bond acceptors (Lipinski definition) is 3. The van der Waals surface area contributed by atoms with Gasteiger partial charge in [0.1, 0.15) is 0 Å². The molecule has 0 atom stereocenters. The van der Waals surface area contributed by atoms with Gasteiger partial charge in [-0.1, -0.05) is 0 Å². The summed E-state index contributed by atoms with van der Waals surface area (Å²) in [5.74, 6) is -0.525. The first kappa shape index (κ1) is 9.67. The highest BCUT2D eigenvalue weighted by Gasteiger charge is 2.08. The van der Waals surface area contributed by atoms with E-state index in [-0.39, 0.29) is 6.61 Å². The third-order valence-electron chi connectivity index (χ3n) is 1.75. The lowest BCUT2D eigenvalue weighted by atomic mass is 10.3. The van der Waals surface area contributed by atoms with Crippen LogP contribution in [-0.2, 0) is 11.3 Å². The molecule has 1 heterocycles. The highest BCUT2D eigenvalue weighted by Crippen LogP contribution is 2.03. The lowest BCUT2D eigenvalue weighted by Crippen LogP contribution is -2.10. The Bertz CT molecular complexity index is 304. The Morgan fingerprint density at radius 2 is 2.38 bits per heavy atom. The van der Waals surface area contributed by atoms with E-state index in [1.165, 1.54) is 0 Å². The number of carbonyl (C=O) groups excluding carboxylic acids is 2. The Morgan fingerprint density at radius 1 is 1.62 bits per heavy atom. The SMILES string of the molecule is O=CC(=O)c1cccn1CCCO. The highest BCUT2D eigenvalue weighted by atomic mass is 16.3. The number of nitrogens with zero attached hydrogens (tertiary/aromatic N) is 1. The van der Waals surface area contributed by atoms with Gasteiger partial charge in [-0.05, 0) is 18.6 Å². The molecule has 13 heavy (non-hydrogen) atoms. The van der Waals surface area contributed by atoms with Crippen molar-refractivity contribution < 1.29 is 14.7 Å². The largest absolute Gasteiger partial charge is 0.396 e. The zero-order chi connectivity index (χ0) is 9.68. The molecule has 4 heteroatoms. The lowest BCUT2D eigenvalue weighted by molar-refractivity contribution is -0.104. The maximum atomic E-state index is 11.0. The van der Waals surface area contributed by atoms with Gasteiger partial charge in [-0.15, -0.1) is 0 Å². The molecule has 0 aliphatic rings. The summed E-state index contributed by atoms with van der Waals surface area (Å²) in [4.78, 5) is 21.2. The molecule has 0 aliphatic carbocycles. The number of aliphatic hydroxyl groups is 1. The molecule has 0 fully saturated rings. The van der Waals surface area contributed by atoms with Gasteiger partial charge >= 0.3 is 0 Å². The zero-order valence-electron chi connectivity index (χ0n) is 7.14. The van der Waals surface area contributed by atoms with Crippen LogP contribution in [0.2, 0.25) is 0 Å². The molecule has 0 amide bonds. The van der Waals surface area contributed by atoms with E-state index < -0.39 is 5.78 Å². The Labute approximate surface area is 75.8 Å². The van der Waals surface area contributed by atoms with Crippen molar-refractivity contribution in [3.05, 3.63) is 24.0 Å². The second kappa shape index (κ2) is 4.57. The van der Waals surface area contributed by atoms with Crippen molar-refractivity contribution in [1.29, 1.82) is 0 Å². The number of aryl methyl sites for hydroxylation is 1. The van der Waals surface area contributed by atoms with E-state index in [4.69, 9.17) is 5.11 Å². The zero-order valence-corrected chi connectivity index (χ0v) is 7.14. The lowest BCUT2D eigenvalue weighted by Gasteiger charge is -2.03.